The number of aromatic nitrogens is 1. The molecule has 180 valence electrons. The Balaban J connectivity index is 1.27. The summed E-state index contributed by atoms with van der Waals surface area (Å²) in [5.41, 5.74) is 3.23. The zero-order chi connectivity index (χ0) is 23.9. The second kappa shape index (κ2) is 11.4. The summed E-state index contributed by atoms with van der Waals surface area (Å²) in [5, 5.41) is 3.19. The van der Waals surface area contributed by atoms with E-state index >= 15 is 0 Å². The number of ether oxygens (including phenoxy) is 3. The molecule has 0 N–H and O–H groups in total. The van der Waals surface area contributed by atoms with Gasteiger partial charge in [0.15, 0.2) is 11.5 Å². The Morgan fingerprint density at radius 2 is 1.65 bits per heavy atom. The number of carbonyl (C=O) groups is 1. The number of hydrogen-bond acceptors (Lipinski definition) is 7. The normalized spacial score (nSPS) is 14.1. The summed E-state index contributed by atoms with van der Waals surface area (Å²) < 4.78 is 16.2. The van der Waals surface area contributed by atoms with Gasteiger partial charge in [-0.15, -0.1) is 11.3 Å². The molecule has 0 saturated carbocycles. The minimum Gasteiger partial charge on any atom is -0.493 e. The Bertz CT molecular complexity index is 1070. The number of carbonyl (C=O) groups excluding carboxylic acids is 1. The summed E-state index contributed by atoms with van der Waals surface area (Å²) in [7, 11) is 4.78. The summed E-state index contributed by atoms with van der Waals surface area (Å²) in [5.74, 6) is 1.95. The van der Waals surface area contributed by atoms with Gasteiger partial charge in [0.1, 0.15) is 5.01 Å². The fraction of sp³-hybridized carbons (Fsp3) is 0.385. The van der Waals surface area contributed by atoms with E-state index in [1.54, 1.807) is 32.7 Å². The van der Waals surface area contributed by atoms with Crippen molar-refractivity contribution in [3.05, 3.63) is 59.1 Å². The lowest BCUT2D eigenvalue weighted by Gasteiger charge is -2.34. The molecule has 1 aromatic heterocycles. The first-order valence-corrected chi connectivity index (χ1v) is 12.3. The highest BCUT2D eigenvalue weighted by atomic mass is 32.1. The van der Waals surface area contributed by atoms with E-state index in [-0.39, 0.29) is 5.91 Å². The first-order chi connectivity index (χ1) is 16.6. The zero-order valence-electron chi connectivity index (χ0n) is 20.0. The number of amides is 1. The monoisotopic (exact) mass is 481 g/mol. The minimum absolute atomic E-state index is 0.174. The molecule has 1 amide bonds. The maximum Gasteiger partial charge on any atom is 0.222 e. The second-order valence-corrected chi connectivity index (χ2v) is 9.06. The van der Waals surface area contributed by atoms with Crippen molar-refractivity contribution in [1.29, 1.82) is 0 Å². The number of rotatable bonds is 9. The number of benzene rings is 2. The molecule has 0 atom stereocenters. The molecular weight excluding hydrogens is 450 g/mol. The van der Waals surface area contributed by atoms with Crippen molar-refractivity contribution in [3.8, 4) is 27.8 Å². The van der Waals surface area contributed by atoms with Gasteiger partial charge in [-0.1, -0.05) is 30.3 Å². The molecule has 7 nitrogen and oxygen atoms in total. The average molecular weight is 482 g/mol. The molecule has 1 aliphatic heterocycles. The molecular formula is C26H31N3O4S. The molecule has 2 heterocycles. The maximum absolute atomic E-state index is 12.8. The third-order valence-electron chi connectivity index (χ3n) is 6.04. The van der Waals surface area contributed by atoms with Crippen LogP contribution in [0.25, 0.3) is 10.6 Å². The summed E-state index contributed by atoms with van der Waals surface area (Å²) in [6.07, 6.45) is 1.07. The van der Waals surface area contributed by atoms with Gasteiger partial charge < -0.3 is 19.1 Å². The van der Waals surface area contributed by atoms with Crippen LogP contribution in [0, 0.1) is 0 Å². The highest BCUT2D eigenvalue weighted by Gasteiger charge is 2.22. The topological polar surface area (TPSA) is 64.1 Å². The van der Waals surface area contributed by atoms with Gasteiger partial charge in [-0.3, -0.25) is 9.69 Å². The van der Waals surface area contributed by atoms with Crippen LogP contribution in [0.1, 0.15) is 17.7 Å². The molecule has 0 spiro atoms. The fourth-order valence-corrected chi connectivity index (χ4v) is 4.98. The molecule has 0 radical (unpaired) electrons. The predicted molar refractivity (Wildman–Crippen MR) is 134 cm³/mol. The van der Waals surface area contributed by atoms with Crippen LogP contribution in [0.4, 0.5) is 0 Å². The van der Waals surface area contributed by atoms with E-state index in [0.29, 0.717) is 30.1 Å². The van der Waals surface area contributed by atoms with Gasteiger partial charge in [-0.25, -0.2) is 4.98 Å². The van der Waals surface area contributed by atoms with E-state index < -0.39 is 0 Å². The molecule has 4 rings (SSSR count). The maximum atomic E-state index is 12.8. The molecule has 34 heavy (non-hydrogen) atoms. The van der Waals surface area contributed by atoms with Gasteiger partial charge in [0.05, 0.1) is 27.0 Å². The van der Waals surface area contributed by atoms with Crippen LogP contribution in [0.3, 0.4) is 0 Å². The van der Waals surface area contributed by atoms with Gasteiger partial charge in [0.2, 0.25) is 11.7 Å². The number of methoxy groups -OCH3 is 3. The first kappa shape index (κ1) is 24.0. The summed E-state index contributed by atoms with van der Waals surface area (Å²) >= 11 is 1.68. The average Bonchev–Trinajstić information content (AvgIpc) is 3.36. The van der Waals surface area contributed by atoms with Crippen LogP contribution in [0.5, 0.6) is 17.2 Å². The molecule has 8 heteroatoms. The van der Waals surface area contributed by atoms with Crippen LogP contribution >= 0.6 is 11.3 Å². The van der Waals surface area contributed by atoms with Crippen molar-refractivity contribution in [2.24, 2.45) is 0 Å². The van der Waals surface area contributed by atoms with E-state index in [1.807, 2.05) is 35.2 Å². The molecule has 3 aromatic rings. The Labute approximate surface area is 204 Å². The van der Waals surface area contributed by atoms with Crippen molar-refractivity contribution in [2.75, 3.05) is 47.5 Å². The molecule has 1 saturated heterocycles. The molecule has 1 fully saturated rings. The Morgan fingerprint density at radius 1 is 0.971 bits per heavy atom. The number of nitrogens with zero attached hydrogens (tertiary/aromatic N) is 3. The first-order valence-electron chi connectivity index (χ1n) is 11.4. The Kier molecular flexibility index (Phi) is 8.03. The standard InChI is InChI=1S/C26H31N3O4S/c1-31-22-15-19(16-23(32-2)25(22)33-3)9-10-24(30)29-13-11-28(12-14-29)17-21-18-34-26(27-21)20-7-5-4-6-8-20/h4-8,15-16,18H,9-14,17H2,1-3H3. The van der Waals surface area contributed by atoms with Crippen molar-refractivity contribution >= 4 is 17.2 Å². The molecule has 1 aliphatic rings. The minimum atomic E-state index is 0.174. The highest BCUT2D eigenvalue weighted by Crippen LogP contribution is 2.38. The molecule has 0 unspecified atom stereocenters. The third kappa shape index (κ3) is 5.69. The largest absolute Gasteiger partial charge is 0.493 e. The van der Waals surface area contributed by atoms with Gasteiger partial charge in [-0.05, 0) is 24.1 Å². The fourth-order valence-electron chi connectivity index (χ4n) is 4.17. The molecule has 2 aromatic carbocycles. The predicted octanol–water partition coefficient (Wildman–Crippen LogP) is 4.11. The lowest BCUT2D eigenvalue weighted by molar-refractivity contribution is -0.133. The quantitative estimate of drug-likeness (QED) is 0.458. The van der Waals surface area contributed by atoms with E-state index in [9.17, 15) is 4.79 Å². The summed E-state index contributed by atoms with van der Waals surface area (Å²) in [6.45, 7) is 4.01. The Hall–Kier alpha value is -3.10. The van der Waals surface area contributed by atoms with Crippen LogP contribution in [0.2, 0.25) is 0 Å². The van der Waals surface area contributed by atoms with Crippen molar-refractivity contribution in [2.45, 2.75) is 19.4 Å². The summed E-state index contributed by atoms with van der Waals surface area (Å²) in [6, 6.07) is 14.1. The lowest BCUT2D eigenvalue weighted by Crippen LogP contribution is -2.48. The number of piperazine rings is 1. The van der Waals surface area contributed by atoms with Gasteiger partial charge >= 0.3 is 0 Å². The van der Waals surface area contributed by atoms with E-state index in [4.69, 9.17) is 19.2 Å². The highest BCUT2D eigenvalue weighted by molar-refractivity contribution is 7.13. The van der Waals surface area contributed by atoms with E-state index in [0.717, 1.165) is 54.6 Å². The number of aryl methyl sites for hydroxylation is 1. The Morgan fingerprint density at radius 3 is 2.26 bits per heavy atom. The van der Waals surface area contributed by atoms with Crippen molar-refractivity contribution < 1.29 is 19.0 Å². The van der Waals surface area contributed by atoms with Crippen LogP contribution in [-0.2, 0) is 17.8 Å². The number of hydrogen-bond donors (Lipinski definition) is 0. The smallest absolute Gasteiger partial charge is 0.222 e. The third-order valence-corrected chi connectivity index (χ3v) is 6.98. The summed E-state index contributed by atoms with van der Waals surface area (Å²) in [4.78, 5) is 22.0. The number of thiazole rings is 1. The van der Waals surface area contributed by atoms with E-state index in [2.05, 4.69) is 22.4 Å². The SMILES string of the molecule is COc1cc(CCC(=O)N2CCN(Cc3csc(-c4ccccc4)n3)CC2)cc(OC)c1OC. The second-order valence-electron chi connectivity index (χ2n) is 8.20. The van der Waals surface area contributed by atoms with Crippen LogP contribution in [0.15, 0.2) is 47.8 Å². The van der Waals surface area contributed by atoms with Crippen LogP contribution in [-0.4, -0.2) is 68.2 Å². The zero-order valence-corrected chi connectivity index (χ0v) is 20.8. The van der Waals surface area contributed by atoms with Gasteiger partial charge in [0.25, 0.3) is 0 Å². The van der Waals surface area contributed by atoms with Gasteiger partial charge in [0, 0.05) is 50.1 Å². The van der Waals surface area contributed by atoms with E-state index in [1.165, 1.54) is 0 Å². The van der Waals surface area contributed by atoms with Gasteiger partial charge in [-0.2, -0.15) is 0 Å². The molecule has 0 bridgehead atoms. The van der Waals surface area contributed by atoms with Crippen LogP contribution < -0.4 is 14.2 Å². The lowest BCUT2D eigenvalue weighted by atomic mass is 10.1. The molecule has 0 aliphatic carbocycles. The van der Waals surface area contributed by atoms with Crippen molar-refractivity contribution in [1.82, 2.24) is 14.8 Å². The van der Waals surface area contributed by atoms with Crippen molar-refractivity contribution in [3.63, 3.8) is 0 Å².